The van der Waals surface area contributed by atoms with E-state index < -0.39 is 0 Å². The molecule has 0 aliphatic carbocycles. The average Bonchev–Trinajstić information content (AvgIpc) is 2.65. The smallest absolute Gasteiger partial charge is 0.182 e. The zero-order chi connectivity index (χ0) is 13.6. The maximum Gasteiger partial charge on any atom is 0.182 e. The molecule has 19 heavy (non-hydrogen) atoms. The van der Waals surface area contributed by atoms with Crippen LogP contribution in [0.1, 0.15) is 0 Å². The zero-order valence-electron chi connectivity index (χ0n) is 9.45. The number of H-pyrrole nitrogens is 1. The number of nitrogens with zero attached hydrogens (tertiary/aromatic N) is 1. The topological polar surface area (TPSA) is 20.7 Å². The van der Waals surface area contributed by atoms with Gasteiger partial charge in [-0.25, -0.2) is 0 Å². The lowest BCUT2D eigenvalue weighted by Crippen LogP contribution is -1.95. The summed E-state index contributed by atoms with van der Waals surface area (Å²) < 4.78 is 4.75. The van der Waals surface area contributed by atoms with E-state index in [-0.39, 0.29) is 0 Å². The van der Waals surface area contributed by atoms with E-state index >= 15 is 0 Å². The molecule has 6 heteroatoms. The molecule has 0 spiro atoms. The molecule has 0 aliphatic rings. The number of imidazole rings is 1. The predicted molar refractivity (Wildman–Crippen MR) is 93.9 cm³/mol. The van der Waals surface area contributed by atoms with Gasteiger partial charge in [-0.3, -0.25) is 4.57 Å². The van der Waals surface area contributed by atoms with Gasteiger partial charge in [-0.2, -0.15) is 0 Å². The van der Waals surface area contributed by atoms with Gasteiger partial charge in [0, 0.05) is 13.1 Å². The highest BCUT2D eigenvalue weighted by molar-refractivity contribution is 14.1. The monoisotopic (exact) mass is 464 g/mol. The molecule has 1 N–H and O–H groups in total. The fourth-order valence-electron chi connectivity index (χ4n) is 1.99. The molecule has 0 radical (unpaired) electrons. The van der Waals surface area contributed by atoms with E-state index in [9.17, 15) is 0 Å². The summed E-state index contributed by atoms with van der Waals surface area (Å²) in [5.41, 5.74) is 3.05. The fourth-order valence-corrected chi connectivity index (χ4v) is 3.64. The Morgan fingerprint density at radius 1 is 1.21 bits per heavy atom. The van der Waals surface area contributed by atoms with E-state index in [0.717, 1.165) is 21.2 Å². The van der Waals surface area contributed by atoms with E-state index in [4.69, 9.17) is 23.8 Å². The quantitative estimate of drug-likeness (QED) is 0.361. The van der Waals surface area contributed by atoms with Gasteiger partial charge in [-0.1, -0.05) is 11.6 Å². The Balaban J connectivity index is 2.36. The highest BCUT2D eigenvalue weighted by Gasteiger charge is 2.10. The molecule has 0 amide bonds. The number of aromatic nitrogens is 2. The van der Waals surface area contributed by atoms with Gasteiger partial charge < -0.3 is 4.98 Å². The van der Waals surface area contributed by atoms with Crippen LogP contribution in [0, 0.1) is 8.34 Å². The van der Waals surface area contributed by atoms with Gasteiger partial charge in [0.15, 0.2) is 4.77 Å². The van der Waals surface area contributed by atoms with Crippen LogP contribution in [0.2, 0.25) is 5.02 Å². The molecule has 0 aliphatic heterocycles. The first-order chi connectivity index (χ1) is 9.06. The molecular formula is C13H7BrClIN2S. The minimum atomic E-state index is 0.667. The molecule has 2 aromatic carbocycles. The van der Waals surface area contributed by atoms with Crippen LogP contribution >= 0.6 is 62.3 Å². The van der Waals surface area contributed by atoms with Crippen LogP contribution in [-0.4, -0.2) is 9.55 Å². The number of fused-ring (bicyclic) bond motifs is 1. The summed E-state index contributed by atoms with van der Waals surface area (Å²) in [5.74, 6) is 0. The zero-order valence-corrected chi connectivity index (χ0v) is 14.8. The van der Waals surface area contributed by atoms with Crippen LogP contribution in [0.4, 0.5) is 0 Å². The Kier molecular flexibility index (Phi) is 3.72. The Morgan fingerprint density at radius 2 is 2.00 bits per heavy atom. The van der Waals surface area contributed by atoms with Crippen molar-refractivity contribution in [1.82, 2.24) is 9.55 Å². The standard InChI is InChI=1S/C13H7BrClIN2S/c14-9-5-7(15)1-3-11(9)18-12-4-2-8(16)6-10(12)17-13(18)19/h1-6H,(H,17,19). The van der Waals surface area contributed by atoms with E-state index in [2.05, 4.69) is 61.7 Å². The van der Waals surface area contributed by atoms with Crippen molar-refractivity contribution in [3.63, 3.8) is 0 Å². The van der Waals surface area contributed by atoms with Crippen LogP contribution in [0.3, 0.4) is 0 Å². The second-order valence-corrected chi connectivity index (χ2v) is 6.95. The molecule has 0 fully saturated rings. The maximum absolute atomic E-state index is 5.98. The third-order valence-electron chi connectivity index (χ3n) is 2.79. The first-order valence-electron chi connectivity index (χ1n) is 5.42. The summed E-state index contributed by atoms with van der Waals surface area (Å²) in [7, 11) is 0. The number of nitrogens with one attached hydrogen (secondary N) is 1. The molecule has 0 saturated heterocycles. The Labute approximate surface area is 142 Å². The van der Waals surface area contributed by atoms with Crippen molar-refractivity contribution in [2.45, 2.75) is 0 Å². The maximum atomic E-state index is 5.98. The van der Waals surface area contributed by atoms with Crippen LogP contribution in [0.15, 0.2) is 40.9 Å². The van der Waals surface area contributed by atoms with E-state index in [1.807, 2.05) is 22.8 Å². The minimum Gasteiger partial charge on any atom is -0.330 e. The van der Waals surface area contributed by atoms with Crippen molar-refractivity contribution in [2.24, 2.45) is 0 Å². The normalized spacial score (nSPS) is 11.1. The molecule has 0 atom stereocenters. The molecule has 2 nitrogen and oxygen atoms in total. The van der Waals surface area contributed by atoms with Gasteiger partial charge in [0.1, 0.15) is 0 Å². The van der Waals surface area contributed by atoms with Crippen molar-refractivity contribution in [2.75, 3.05) is 0 Å². The third-order valence-corrected chi connectivity index (χ3v) is 4.62. The molecule has 0 bridgehead atoms. The summed E-state index contributed by atoms with van der Waals surface area (Å²) in [6.07, 6.45) is 0. The van der Waals surface area contributed by atoms with Crippen LogP contribution < -0.4 is 0 Å². The number of hydrogen-bond donors (Lipinski definition) is 1. The van der Waals surface area contributed by atoms with Gasteiger partial charge in [-0.05, 0) is 87.1 Å². The van der Waals surface area contributed by atoms with E-state index in [1.54, 1.807) is 0 Å². The lowest BCUT2D eigenvalue weighted by atomic mass is 10.3. The number of hydrogen-bond acceptors (Lipinski definition) is 1. The van der Waals surface area contributed by atoms with Crippen molar-refractivity contribution < 1.29 is 0 Å². The van der Waals surface area contributed by atoms with Crippen molar-refractivity contribution in [1.29, 1.82) is 0 Å². The number of benzene rings is 2. The van der Waals surface area contributed by atoms with Crippen LogP contribution in [0.25, 0.3) is 16.7 Å². The van der Waals surface area contributed by atoms with Crippen molar-refractivity contribution in [3.05, 3.63) is 54.2 Å². The lowest BCUT2D eigenvalue weighted by Gasteiger charge is -2.07. The second kappa shape index (κ2) is 5.20. The van der Waals surface area contributed by atoms with Crippen LogP contribution in [-0.2, 0) is 0 Å². The molecule has 0 unspecified atom stereocenters. The number of aromatic amines is 1. The van der Waals surface area contributed by atoms with Gasteiger partial charge >= 0.3 is 0 Å². The van der Waals surface area contributed by atoms with E-state index in [0.29, 0.717) is 9.79 Å². The first-order valence-corrected chi connectivity index (χ1v) is 8.08. The van der Waals surface area contributed by atoms with Crippen molar-refractivity contribution in [3.8, 4) is 5.69 Å². The minimum absolute atomic E-state index is 0.667. The largest absolute Gasteiger partial charge is 0.330 e. The molecular weight excluding hydrogens is 458 g/mol. The summed E-state index contributed by atoms with van der Waals surface area (Å²) in [6.45, 7) is 0. The summed E-state index contributed by atoms with van der Waals surface area (Å²) in [4.78, 5) is 3.23. The molecule has 0 saturated carbocycles. The third kappa shape index (κ3) is 2.49. The second-order valence-electron chi connectivity index (χ2n) is 4.02. The molecule has 3 aromatic rings. The van der Waals surface area contributed by atoms with Gasteiger partial charge in [0.2, 0.25) is 0 Å². The SMILES string of the molecule is S=c1[nH]c2cc(I)ccc2n1-c1ccc(Cl)cc1Br. The van der Waals surface area contributed by atoms with Gasteiger partial charge in [0.05, 0.1) is 16.7 Å². The Bertz CT molecular complexity index is 840. The summed E-state index contributed by atoms with van der Waals surface area (Å²) >= 11 is 17.2. The summed E-state index contributed by atoms with van der Waals surface area (Å²) in [5, 5.41) is 0.691. The Hall–Kier alpha value is -0.370. The first kappa shape index (κ1) is 13.6. The predicted octanol–water partition coefficient (Wildman–Crippen LogP) is 5.71. The fraction of sp³-hybridized carbons (Fsp3) is 0. The van der Waals surface area contributed by atoms with Gasteiger partial charge in [-0.15, -0.1) is 0 Å². The number of rotatable bonds is 1. The molecule has 96 valence electrons. The average molecular weight is 466 g/mol. The Morgan fingerprint density at radius 3 is 2.74 bits per heavy atom. The number of halogens is 3. The highest BCUT2D eigenvalue weighted by atomic mass is 127. The van der Waals surface area contributed by atoms with Gasteiger partial charge in [0.25, 0.3) is 0 Å². The molecule has 1 heterocycles. The van der Waals surface area contributed by atoms with Crippen molar-refractivity contribution >= 4 is 73.4 Å². The van der Waals surface area contributed by atoms with Crippen LogP contribution in [0.5, 0.6) is 0 Å². The lowest BCUT2D eigenvalue weighted by molar-refractivity contribution is 1.06. The highest BCUT2D eigenvalue weighted by Crippen LogP contribution is 2.28. The van der Waals surface area contributed by atoms with E-state index in [1.165, 1.54) is 3.57 Å². The molecule has 1 aromatic heterocycles. The molecule has 3 rings (SSSR count). The summed E-state index contributed by atoms with van der Waals surface area (Å²) in [6, 6.07) is 11.9.